The maximum atomic E-state index is 4.30. The Morgan fingerprint density at radius 3 is 2.57 bits per heavy atom. The van der Waals surface area contributed by atoms with Gasteiger partial charge in [0.05, 0.1) is 0 Å². The van der Waals surface area contributed by atoms with Gasteiger partial charge in [-0.25, -0.2) is 15.0 Å². The Kier molecular flexibility index (Phi) is 1.95. The van der Waals surface area contributed by atoms with Gasteiger partial charge in [-0.05, 0) is 17.0 Å². The van der Waals surface area contributed by atoms with E-state index in [1.807, 2.05) is 6.20 Å². The standard InChI is InChI=1S/C11H13N3/c1-11(2,3)9-4-8-5-12-7-14-10(8)13-6-9/h4-7H,1-3H3. The summed E-state index contributed by atoms with van der Waals surface area (Å²) in [5.41, 5.74) is 2.09. The van der Waals surface area contributed by atoms with Crippen LogP contribution in [-0.4, -0.2) is 15.0 Å². The molecule has 2 rings (SSSR count). The molecule has 0 fully saturated rings. The fourth-order valence-electron chi connectivity index (χ4n) is 1.29. The zero-order chi connectivity index (χ0) is 10.2. The largest absolute Gasteiger partial charge is 0.244 e. The van der Waals surface area contributed by atoms with Gasteiger partial charge in [-0.15, -0.1) is 0 Å². The third-order valence-corrected chi connectivity index (χ3v) is 2.22. The highest BCUT2D eigenvalue weighted by Gasteiger charge is 2.14. The van der Waals surface area contributed by atoms with Crippen molar-refractivity contribution >= 4 is 11.0 Å². The molecule has 0 aliphatic heterocycles. The second kappa shape index (κ2) is 3.01. The van der Waals surface area contributed by atoms with Gasteiger partial charge in [0.2, 0.25) is 0 Å². The van der Waals surface area contributed by atoms with Gasteiger partial charge < -0.3 is 0 Å². The van der Waals surface area contributed by atoms with Crippen LogP contribution < -0.4 is 0 Å². The summed E-state index contributed by atoms with van der Waals surface area (Å²) in [6, 6.07) is 2.10. The lowest BCUT2D eigenvalue weighted by Crippen LogP contribution is -2.11. The van der Waals surface area contributed by atoms with Crippen LogP contribution in [0.2, 0.25) is 0 Å². The number of nitrogens with zero attached hydrogens (tertiary/aromatic N) is 3. The zero-order valence-electron chi connectivity index (χ0n) is 8.65. The fraction of sp³-hybridized carbons (Fsp3) is 0.364. The van der Waals surface area contributed by atoms with E-state index in [9.17, 15) is 0 Å². The van der Waals surface area contributed by atoms with E-state index in [2.05, 4.69) is 41.8 Å². The van der Waals surface area contributed by atoms with Crippen LogP contribution in [0.15, 0.2) is 24.8 Å². The molecule has 2 aromatic rings. The number of hydrogen-bond acceptors (Lipinski definition) is 3. The van der Waals surface area contributed by atoms with E-state index in [-0.39, 0.29) is 5.41 Å². The maximum absolute atomic E-state index is 4.30. The number of rotatable bonds is 0. The van der Waals surface area contributed by atoms with Gasteiger partial charge in [0.15, 0.2) is 5.65 Å². The normalized spacial score (nSPS) is 11.9. The van der Waals surface area contributed by atoms with Gasteiger partial charge in [-0.1, -0.05) is 20.8 Å². The topological polar surface area (TPSA) is 38.7 Å². The van der Waals surface area contributed by atoms with Crippen molar-refractivity contribution in [2.24, 2.45) is 0 Å². The number of pyridine rings is 1. The summed E-state index contributed by atoms with van der Waals surface area (Å²) in [6.45, 7) is 6.50. The van der Waals surface area contributed by atoms with Crippen molar-refractivity contribution in [3.8, 4) is 0 Å². The summed E-state index contributed by atoms with van der Waals surface area (Å²) in [4.78, 5) is 12.4. The number of hydrogen-bond donors (Lipinski definition) is 0. The molecule has 0 amide bonds. The Labute approximate surface area is 83.2 Å². The van der Waals surface area contributed by atoms with Gasteiger partial charge >= 0.3 is 0 Å². The van der Waals surface area contributed by atoms with Crippen molar-refractivity contribution in [2.45, 2.75) is 26.2 Å². The lowest BCUT2D eigenvalue weighted by molar-refractivity contribution is 0.588. The SMILES string of the molecule is CC(C)(C)c1cnc2ncncc2c1. The molecule has 0 atom stereocenters. The van der Waals surface area contributed by atoms with Crippen LogP contribution in [-0.2, 0) is 5.41 Å². The molecule has 0 aliphatic carbocycles. The summed E-state index contributed by atoms with van der Waals surface area (Å²) >= 11 is 0. The molecule has 3 nitrogen and oxygen atoms in total. The van der Waals surface area contributed by atoms with Crippen molar-refractivity contribution in [2.75, 3.05) is 0 Å². The minimum absolute atomic E-state index is 0.122. The van der Waals surface area contributed by atoms with Crippen molar-refractivity contribution in [1.29, 1.82) is 0 Å². The third kappa shape index (κ3) is 1.58. The fourth-order valence-corrected chi connectivity index (χ4v) is 1.29. The molecule has 0 aliphatic rings. The molecule has 0 N–H and O–H groups in total. The van der Waals surface area contributed by atoms with Gasteiger partial charge in [-0.2, -0.15) is 0 Å². The summed E-state index contributed by atoms with van der Waals surface area (Å²) in [5, 5.41) is 1.000. The maximum Gasteiger partial charge on any atom is 0.162 e. The Morgan fingerprint density at radius 2 is 1.86 bits per heavy atom. The summed E-state index contributed by atoms with van der Waals surface area (Å²) in [7, 11) is 0. The molecule has 72 valence electrons. The van der Waals surface area contributed by atoms with Crippen LogP contribution in [0.4, 0.5) is 0 Å². The van der Waals surface area contributed by atoms with Gasteiger partial charge in [0.25, 0.3) is 0 Å². The van der Waals surface area contributed by atoms with Crippen LogP contribution in [0, 0.1) is 0 Å². The smallest absolute Gasteiger partial charge is 0.162 e. The van der Waals surface area contributed by atoms with E-state index in [1.165, 1.54) is 11.9 Å². The average Bonchev–Trinajstić information content (AvgIpc) is 2.16. The molecular formula is C11H13N3. The Bertz CT molecular complexity index is 457. The predicted molar refractivity (Wildman–Crippen MR) is 56.0 cm³/mol. The lowest BCUT2D eigenvalue weighted by Gasteiger charge is -2.18. The van der Waals surface area contributed by atoms with Crippen LogP contribution in [0.1, 0.15) is 26.3 Å². The summed E-state index contributed by atoms with van der Waals surface area (Å²) < 4.78 is 0. The van der Waals surface area contributed by atoms with Gasteiger partial charge in [0, 0.05) is 17.8 Å². The Balaban J connectivity index is 2.63. The molecule has 2 heterocycles. The second-order valence-electron chi connectivity index (χ2n) is 4.41. The molecule has 0 bridgehead atoms. The lowest BCUT2D eigenvalue weighted by atomic mass is 9.88. The van der Waals surface area contributed by atoms with E-state index in [4.69, 9.17) is 0 Å². The highest BCUT2D eigenvalue weighted by molar-refractivity contribution is 5.73. The molecule has 0 unspecified atom stereocenters. The van der Waals surface area contributed by atoms with Crippen LogP contribution in [0.25, 0.3) is 11.0 Å². The van der Waals surface area contributed by atoms with E-state index < -0.39 is 0 Å². The Hall–Kier alpha value is -1.51. The predicted octanol–water partition coefficient (Wildman–Crippen LogP) is 2.32. The first-order valence-corrected chi connectivity index (χ1v) is 4.63. The number of fused-ring (bicyclic) bond motifs is 1. The second-order valence-corrected chi connectivity index (χ2v) is 4.41. The molecule has 0 saturated heterocycles. The van der Waals surface area contributed by atoms with Crippen LogP contribution >= 0.6 is 0 Å². The molecule has 14 heavy (non-hydrogen) atoms. The molecule has 0 spiro atoms. The third-order valence-electron chi connectivity index (χ3n) is 2.22. The molecule has 3 heteroatoms. The minimum atomic E-state index is 0.122. The molecule has 0 radical (unpaired) electrons. The van der Waals surface area contributed by atoms with Crippen molar-refractivity contribution in [3.63, 3.8) is 0 Å². The van der Waals surface area contributed by atoms with Crippen molar-refractivity contribution in [1.82, 2.24) is 15.0 Å². The number of aromatic nitrogens is 3. The van der Waals surface area contributed by atoms with E-state index in [0.717, 1.165) is 11.0 Å². The minimum Gasteiger partial charge on any atom is -0.244 e. The van der Waals surface area contributed by atoms with Crippen LogP contribution in [0.3, 0.4) is 0 Å². The highest BCUT2D eigenvalue weighted by atomic mass is 14.9. The van der Waals surface area contributed by atoms with Crippen molar-refractivity contribution in [3.05, 3.63) is 30.4 Å². The molecule has 0 saturated carbocycles. The monoisotopic (exact) mass is 187 g/mol. The van der Waals surface area contributed by atoms with E-state index >= 15 is 0 Å². The van der Waals surface area contributed by atoms with Gasteiger partial charge in [0.1, 0.15) is 6.33 Å². The first-order valence-electron chi connectivity index (χ1n) is 4.63. The first-order chi connectivity index (χ1) is 6.57. The zero-order valence-corrected chi connectivity index (χ0v) is 8.65. The van der Waals surface area contributed by atoms with E-state index in [1.54, 1.807) is 6.20 Å². The van der Waals surface area contributed by atoms with Crippen molar-refractivity contribution < 1.29 is 0 Å². The molecular weight excluding hydrogens is 174 g/mol. The van der Waals surface area contributed by atoms with Gasteiger partial charge in [-0.3, -0.25) is 0 Å². The molecule has 0 aromatic carbocycles. The van der Waals surface area contributed by atoms with Crippen LogP contribution in [0.5, 0.6) is 0 Å². The first kappa shape index (κ1) is 9.06. The quantitative estimate of drug-likeness (QED) is 0.635. The summed E-state index contributed by atoms with van der Waals surface area (Å²) in [6.07, 6.45) is 5.20. The highest BCUT2D eigenvalue weighted by Crippen LogP contribution is 2.23. The molecule has 2 aromatic heterocycles. The summed E-state index contributed by atoms with van der Waals surface area (Å²) in [5.74, 6) is 0. The average molecular weight is 187 g/mol. The Morgan fingerprint density at radius 1 is 1.07 bits per heavy atom. The van der Waals surface area contributed by atoms with E-state index in [0.29, 0.717) is 0 Å².